The van der Waals surface area contributed by atoms with E-state index < -0.39 is 64.4 Å². The van der Waals surface area contributed by atoms with Crippen molar-refractivity contribution in [1.82, 2.24) is 41.1 Å². The molecule has 82 heavy (non-hydrogen) atoms. The number of nitrogens with one attached hydrogen (secondary N) is 4. The number of methoxy groups -OCH3 is 2. The van der Waals surface area contributed by atoms with Crippen LogP contribution >= 0.6 is 0 Å². The lowest BCUT2D eigenvalue weighted by molar-refractivity contribution is -0.148. The van der Waals surface area contributed by atoms with Gasteiger partial charge in [0.25, 0.3) is 21.9 Å². The molecule has 2 aliphatic rings. The molecule has 0 aliphatic carbocycles. The van der Waals surface area contributed by atoms with Gasteiger partial charge >= 0.3 is 0 Å². The van der Waals surface area contributed by atoms with Crippen LogP contribution < -0.4 is 21.5 Å². The molecule has 4 rings (SSSR count). The van der Waals surface area contributed by atoms with E-state index in [4.69, 9.17) is 9.47 Å². The molecule has 2 aromatic carbocycles. The zero-order valence-electron chi connectivity index (χ0n) is 49.8. The quantitative estimate of drug-likeness (QED) is 0.0269. The molecular weight excluding hydrogens is 1070 g/mol. The Bertz CT molecular complexity index is 2620. The van der Waals surface area contributed by atoms with Crippen LogP contribution in [0.5, 0.6) is 0 Å². The predicted molar refractivity (Wildman–Crippen MR) is 311 cm³/mol. The first kappa shape index (κ1) is 68.2. The summed E-state index contributed by atoms with van der Waals surface area (Å²) in [5, 5.41) is 6.21. The third kappa shape index (κ3) is 20.2. The molecule has 1 saturated heterocycles. The van der Waals surface area contributed by atoms with Gasteiger partial charge in [0.2, 0.25) is 35.4 Å². The number of ether oxygens (including phenoxy) is 2. The SMILES string of the molecule is CC[C@H](C)[C@@H]([C@@H](CC(=O)N1CCC[C@H]1[C@H](OC)[C@@H](C)C(=O)N[C@H](C=Cc1ccc(S(=O)(=O)O)cc1)Cc1ccccc1)OC)N(C)C(=O)[C@@H](NC(=O)[C@H](C(C)C)N(C)CCCC(=O)NNC(=O)CCCCCN1C(=O)C=CC1=O)C(C)C. The van der Waals surface area contributed by atoms with Crippen LogP contribution in [0.4, 0.5) is 0 Å². The first-order valence-corrected chi connectivity index (χ1v) is 30.1. The van der Waals surface area contributed by atoms with Crippen LogP contribution in [0.3, 0.4) is 0 Å². The highest BCUT2D eigenvalue weighted by atomic mass is 32.2. The number of rotatable bonds is 33. The van der Waals surface area contributed by atoms with Crippen LogP contribution in [0, 0.1) is 23.7 Å². The van der Waals surface area contributed by atoms with E-state index in [-0.39, 0.29) is 89.8 Å². The second-order valence-corrected chi connectivity index (χ2v) is 23.8. The van der Waals surface area contributed by atoms with Gasteiger partial charge in [-0.2, -0.15) is 8.42 Å². The predicted octanol–water partition coefficient (Wildman–Crippen LogP) is 5.10. The largest absolute Gasteiger partial charge is 0.379 e. The highest BCUT2D eigenvalue weighted by Gasteiger charge is 2.43. The summed E-state index contributed by atoms with van der Waals surface area (Å²) in [6, 6.07) is 12.3. The van der Waals surface area contributed by atoms with Gasteiger partial charge in [0, 0.05) is 59.4 Å². The van der Waals surface area contributed by atoms with Crippen molar-refractivity contribution in [2.24, 2.45) is 23.7 Å². The average Bonchev–Trinajstić information content (AvgIpc) is 4.06. The molecule has 9 atom stereocenters. The number of benzene rings is 2. The average molecular weight is 1160 g/mol. The lowest BCUT2D eigenvalue weighted by Gasteiger charge is -2.41. The Morgan fingerprint density at radius 3 is 1.98 bits per heavy atom. The molecule has 2 aromatic rings. The number of likely N-dealkylation sites (N-methyl/N-ethyl adjacent to an activating group) is 2. The van der Waals surface area contributed by atoms with E-state index in [1.807, 2.05) is 82.9 Å². The Balaban J connectivity index is 1.36. The van der Waals surface area contributed by atoms with E-state index in [0.717, 1.165) is 10.5 Å². The Labute approximate surface area is 485 Å². The number of hydrogen-bond donors (Lipinski definition) is 5. The molecule has 0 aromatic heterocycles. The minimum absolute atomic E-state index is 0.0672. The number of carbonyl (C=O) groups is 8. The fraction of sp³-hybridized carbons (Fsp3) is 0.600. The number of amides is 8. The highest BCUT2D eigenvalue weighted by molar-refractivity contribution is 7.85. The van der Waals surface area contributed by atoms with Gasteiger partial charge in [0.1, 0.15) is 6.04 Å². The van der Waals surface area contributed by atoms with E-state index in [0.29, 0.717) is 70.0 Å². The van der Waals surface area contributed by atoms with Gasteiger partial charge in [0.05, 0.1) is 53.6 Å². The summed E-state index contributed by atoms with van der Waals surface area (Å²) in [6.07, 6.45) is 9.23. The maximum Gasteiger partial charge on any atom is 0.294 e. The van der Waals surface area contributed by atoms with Gasteiger partial charge in [-0.05, 0) is 93.1 Å². The van der Waals surface area contributed by atoms with Crippen molar-refractivity contribution in [2.45, 2.75) is 166 Å². The summed E-state index contributed by atoms with van der Waals surface area (Å²) in [5.74, 6) is -3.99. The summed E-state index contributed by atoms with van der Waals surface area (Å²) < 4.78 is 44.8. The molecule has 2 aliphatic heterocycles. The topological polar surface area (TPSA) is 270 Å². The Kier molecular flexibility index (Phi) is 27.5. The number of likely N-dealkylation sites (tertiary alicyclic amines) is 1. The second kappa shape index (κ2) is 33.1. The molecule has 8 amide bonds. The van der Waals surface area contributed by atoms with Gasteiger partial charge in [-0.3, -0.25) is 63.6 Å². The standard InChI is InChI=1S/C60H90N8O13S/c1-12-41(6)56(66(9)60(76)54(39(2)3)62-59(75)55(40(4)5)65(8)34-20-25-50(70)64-63-49(69)24-17-14-18-35-68-51(71)32-33-52(68)72)48(80-10)38-53(73)67-36-19-23-47(67)57(81-11)42(7)58(74)61-45(37-44-21-15-13-16-22-44)29-26-43-27-30-46(31-28-43)82(77,78)79/h13,15-16,21-22,26-33,39-42,45,47-48,54-57H,12,14,17-20,23-25,34-38H2,1-11H3,(H,61,74)(H,62,75)(H,63,69)(H,64,70)(H,77,78,79)/t41-,42+,45+,47-,48+,54-,55-,56-,57+/m0/s1. The third-order valence-electron chi connectivity index (χ3n) is 15.6. The number of hydrogen-bond acceptors (Lipinski definition) is 13. The molecule has 0 unspecified atom stereocenters. The molecule has 2 heterocycles. The van der Waals surface area contributed by atoms with Crippen LogP contribution in [0.15, 0.2) is 77.7 Å². The summed E-state index contributed by atoms with van der Waals surface area (Å²) in [4.78, 5) is 112. The minimum atomic E-state index is -4.36. The Morgan fingerprint density at radius 2 is 1.41 bits per heavy atom. The minimum Gasteiger partial charge on any atom is -0.379 e. The van der Waals surface area contributed by atoms with Gasteiger partial charge in [-0.1, -0.05) is 116 Å². The van der Waals surface area contributed by atoms with E-state index >= 15 is 0 Å². The summed E-state index contributed by atoms with van der Waals surface area (Å²) in [7, 11) is 2.15. The molecule has 0 spiro atoms. The van der Waals surface area contributed by atoms with Gasteiger partial charge in [0.15, 0.2) is 0 Å². The van der Waals surface area contributed by atoms with Crippen molar-refractivity contribution < 1.29 is 60.8 Å². The zero-order valence-corrected chi connectivity index (χ0v) is 50.6. The highest BCUT2D eigenvalue weighted by Crippen LogP contribution is 2.30. The number of unbranched alkanes of at least 4 members (excludes halogenated alkanes) is 2. The van der Waals surface area contributed by atoms with Gasteiger partial charge in [-0.15, -0.1) is 0 Å². The molecule has 5 N–H and O–H groups in total. The van der Waals surface area contributed by atoms with Crippen molar-refractivity contribution in [3.8, 4) is 0 Å². The number of nitrogens with zero attached hydrogens (tertiary/aromatic N) is 4. The third-order valence-corrected chi connectivity index (χ3v) is 16.5. The molecule has 0 radical (unpaired) electrons. The van der Waals surface area contributed by atoms with Crippen LogP contribution in [-0.2, 0) is 64.4 Å². The van der Waals surface area contributed by atoms with Crippen molar-refractivity contribution in [3.05, 3.63) is 84.0 Å². The maximum absolute atomic E-state index is 14.7. The van der Waals surface area contributed by atoms with Crippen molar-refractivity contribution in [3.63, 3.8) is 0 Å². The first-order chi connectivity index (χ1) is 38.8. The van der Waals surface area contributed by atoms with Gasteiger partial charge in [-0.25, -0.2) is 0 Å². The van der Waals surface area contributed by atoms with Crippen LogP contribution in [0.25, 0.3) is 6.08 Å². The molecule has 21 nitrogen and oxygen atoms in total. The smallest absolute Gasteiger partial charge is 0.294 e. The fourth-order valence-corrected chi connectivity index (χ4v) is 11.4. The van der Waals surface area contributed by atoms with Crippen LogP contribution in [0.2, 0.25) is 0 Å². The summed E-state index contributed by atoms with van der Waals surface area (Å²) in [6.45, 7) is 14.4. The van der Waals surface area contributed by atoms with Crippen molar-refractivity contribution in [1.29, 1.82) is 0 Å². The van der Waals surface area contributed by atoms with Crippen molar-refractivity contribution in [2.75, 3.05) is 47.9 Å². The molecule has 22 heteroatoms. The number of imide groups is 1. The zero-order chi connectivity index (χ0) is 60.8. The summed E-state index contributed by atoms with van der Waals surface area (Å²) >= 11 is 0. The lowest BCUT2D eigenvalue weighted by Crippen LogP contribution is -2.60. The molecule has 0 bridgehead atoms. The fourth-order valence-electron chi connectivity index (χ4n) is 10.9. The van der Waals surface area contributed by atoms with E-state index in [1.165, 1.54) is 38.5 Å². The van der Waals surface area contributed by atoms with Crippen LogP contribution in [0.1, 0.15) is 124 Å². The normalized spacial score (nSPS) is 17.6. The number of carbonyl (C=O) groups excluding carboxylic acids is 8. The van der Waals surface area contributed by atoms with Gasteiger partial charge < -0.3 is 29.9 Å². The second-order valence-electron chi connectivity index (χ2n) is 22.4. The molecule has 1 fully saturated rings. The van der Waals surface area contributed by atoms with E-state index in [2.05, 4.69) is 21.5 Å². The first-order valence-electron chi connectivity index (χ1n) is 28.7. The van der Waals surface area contributed by atoms with Crippen molar-refractivity contribution >= 4 is 63.5 Å². The maximum atomic E-state index is 14.7. The monoisotopic (exact) mass is 1160 g/mol. The summed E-state index contributed by atoms with van der Waals surface area (Å²) in [5.41, 5.74) is 6.49. The Morgan fingerprint density at radius 1 is 0.793 bits per heavy atom. The molecular formula is C60H90N8O13S. The van der Waals surface area contributed by atoms with E-state index in [9.17, 15) is 51.3 Å². The van der Waals surface area contributed by atoms with Crippen LogP contribution in [-0.4, -0.2) is 170 Å². The molecule has 454 valence electrons. The lowest BCUT2D eigenvalue weighted by atomic mass is 9.89. The Hall–Kier alpha value is -6.33. The number of hydrazine groups is 1. The molecule has 0 saturated carbocycles. The van der Waals surface area contributed by atoms with E-state index in [1.54, 1.807) is 49.0 Å².